The maximum absolute atomic E-state index is 13.4. The summed E-state index contributed by atoms with van der Waals surface area (Å²) in [6.07, 6.45) is 0.870. The zero-order valence-electron chi connectivity index (χ0n) is 18.3. The third kappa shape index (κ3) is 4.67. The van der Waals surface area contributed by atoms with E-state index in [0.29, 0.717) is 19.8 Å². The molecule has 0 N–H and O–H groups in total. The summed E-state index contributed by atoms with van der Waals surface area (Å²) in [6.45, 7) is 9.53. The highest BCUT2D eigenvalue weighted by Crippen LogP contribution is 2.34. The number of carbonyl (C=O) groups is 1. The van der Waals surface area contributed by atoms with E-state index in [1.807, 2.05) is 34.5 Å². The van der Waals surface area contributed by atoms with Crippen molar-refractivity contribution in [2.45, 2.75) is 39.8 Å². The topological polar surface area (TPSA) is 58.8 Å². The second kappa shape index (κ2) is 9.66. The molecule has 31 heavy (non-hydrogen) atoms. The van der Waals surface area contributed by atoms with Gasteiger partial charge in [-0.3, -0.25) is 4.79 Å². The highest BCUT2D eigenvalue weighted by molar-refractivity contribution is 7.12. The van der Waals surface area contributed by atoms with Gasteiger partial charge in [0.1, 0.15) is 5.69 Å². The van der Waals surface area contributed by atoms with E-state index in [2.05, 4.69) is 43.0 Å². The number of aromatic nitrogens is 1. The number of anilines is 1. The first-order valence-corrected chi connectivity index (χ1v) is 11.7. The molecule has 0 aliphatic carbocycles. The van der Waals surface area contributed by atoms with Crippen LogP contribution in [0.25, 0.3) is 11.3 Å². The second-order valence-electron chi connectivity index (χ2n) is 7.95. The first-order valence-electron chi connectivity index (χ1n) is 10.8. The van der Waals surface area contributed by atoms with Gasteiger partial charge in [0, 0.05) is 24.7 Å². The van der Waals surface area contributed by atoms with E-state index in [1.165, 1.54) is 11.3 Å². The largest absolute Gasteiger partial charge is 0.378 e. The van der Waals surface area contributed by atoms with E-state index in [4.69, 9.17) is 9.26 Å². The van der Waals surface area contributed by atoms with E-state index < -0.39 is 0 Å². The summed E-state index contributed by atoms with van der Waals surface area (Å²) in [6, 6.07) is 12.2. The molecule has 0 radical (unpaired) electrons. The Morgan fingerprint density at radius 2 is 2.06 bits per heavy atom. The third-order valence-electron chi connectivity index (χ3n) is 5.80. The van der Waals surface area contributed by atoms with Crippen LogP contribution in [0.5, 0.6) is 0 Å². The molecule has 6 nitrogen and oxygen atoms in total. The normalized spacial score (nSPS) is 15.1. The molecular formula is C24H29N3O3S. The number of hydrogen-bond donors (Lipinski definition) is 0. The molecule has 4 rings (SSSR count). The Bertz CT molecular complexity index is 1010. The Hall–Kier alpha value is -2.64. The number of thiophene rings is 1. The summed E-state index contributed by atoms with van der Waals surface area (Å²) in [5.74, 6) is 0.792. The fourth-order valence-electron chi connectivity index (χ4n) is 3.84. The molecule has 164 valence electrons. The molecule has 1 saturated heterocycles. The van der Waals surface area contributed by atoms with Crippen LogP contribution < -0.4 is 4.90 Å². The molecule has 1 fully saturated rings. The lowest BCUT2D eigenvalue weighted by molar-refractivity contribution is 0.0676. The number of benzene rings is 1. The van der Waals surface area contributed by atoms with Gasteiger partial charge in [0.05, 0.1) is 30.2 Å². The van der Waals surface area contributed by atoms with Crippen molar-refractivity contribution in [2.75, 3.05) is 31.2 Å². The minimum Gasteiger partial charge on any atom is -0.378 e. The zero-order valence-corrected chi connectivity index (χ0v) is 19.2. The van der Waals surface area contributed by atoms with Crippen molar-refractivity contribution in [1.29, 1.82) is 0 Å². The second-order valence-corrected chi connectivity index (χ2v) is 8.90. The summed E-state index contributed by atoms with van der Waals surface area (Å²) < 4.78 is 11.4. The highest BCUT2D eigenvalue weighted by atomic mass is 32.1. The molecule has 1 aromatic carbocycles. The number of rotatable bonds is 7. The van der Waals surface area contributed by atoms with Crippen LogP contribution in [0.4, 0.5) is 5.88 Å². The first kappa shape index (κ1) is 21.6. The Morgan fingerprint density at radius 3 is 2.74 bits per heavy atom. The molecule has 1 aliphatic rings. The highest BCUT2D eigenvalue weighted by Gasteiger charge is 2.29. The molecule has 0 unspecified atom stereocenters. The van der Waals surface area contributed by atoms with E-state index >= 15 is 0 Å². The van der Waals surface area contributed by atoms with Crippen LogP contribution in [-0.4, -0.2) is 48.3 Å². The fourth-order valence-corrected chi connectivity index (χ4v) is 4.52. The van der Waals surface area contributed by atoms with Crippen LogP contribution in [0.2, 0.25) is 0 Å². The standard InChI is InChI=1S/C24H29N3O3S/c1-4-18(3)27(23(28)21-9-6-14-31-21)16-20-22(19-8-5-7-17(2)15-19)25-30-24(20)26-10-12-29-13-11-26/h5-9,14-15,18H,4,10-13,16H2,1-3H3/t18-/m0/s1. The van der Waals surface area contributed by atoms with Crippen LogP contribution >= 0.6 is 11.3 Å². The maximum Gasteiger partial charge on any atom is 0.264 e. The molecule has 1 aliphatic heterocycles. The van der Waals surface area contributed by atoms with Gasteiger partial charge < -0.3 is 19.1 Å². The van der Waals surface area contributed by atoms with E-state index in [-0.39, 0.29) is 11.9 Å². The van der Waals surface area contributed by atoms with Crippen molar-refractivity contribution >= 4 is 23.1 Å². The SMILES string of the molecule is CC[C@H](C)N(Cc1c(-c2cccc(C)c2)noc1N1CCOCC1)C(=O)c1cccs1. The Kier molecular flexibility index (Phi) is 6.73. The van der Waals surface area contributed by atoms with Gasteiger partial charge in [0.25, 0.3) is 5.91 Å². The van der Waals surface area contributed by atoms with Crippen molar-refractivity contribution in [3.05, 3.63) is 57.8 Å². The molecule has 0 bridgehead atoms. The van der Waals surface area contributed by atoms with Crippen molar-refractivity contribution in [2.24, 2.45) is 0 Å². The number of morpholine rings is 1. The van der Waals surface area contributed by atoms with E-state index in [1.54, 1.807) is 0 Å². The summed E-state index contributed by atoms with van der Waals surface area (Å²) in [4.78, 5) is 18.2. The van der Waals surface area contributed by atoms with Crippen LogP contribution in [0.1, 0.15) is 41.1 Å². The minimum absolute atomic E-state index is 0.0497. The van der Waals surface area contributed by atoms with Gasteiger partial charge in [-0.15, -0.1) is 11.3 Å². The number of hydrogen-bond acceptors (Lipinski definition) is 6. The lowest BCUT2D eigenvalue weighted by Crippen LogP contribution is -2.39. The third-order valence-corrected chi connectivity index (χ3v) is 6.66. The monoisotopic (exact) mass is 439 g/mol. The summed E-state index contributed by atoms with van der Waals surface area (Å²) in [5.41, 5.74) is 3.92. The molecular weight excluding hydrogens is 410 g/mol. The van der Waals surface area contributed by atoms with Crippen molar-refractivity contribution in [1.82, 2.24) is 10.1 Å². The van der Waals surface area contributed by atoms with Crippen LogP contribution in [0, 0.1) is 6.92 Å². The van der Waals surface area contributed by atoms with Crippen LogP contribution in [0.3, 0.4) is 0 Å². The number of aryl methyl sites for hydroxylation is 1. The quantitative estimate of drug-likeness (QED) is 0.519. The predicted molar refractivity (Wildman–Crippen MR) is 124 cm³/mol. The molecule has 3 aromatic rings. The molecule has 0 spiro atoms. The van der Waals surface area contributed by atoms with Gasteiger partial charge >= 0.3 is 0 Å². The van der Waals surface area contributed by atoms with Gasteiger partial charge in [-0.25, -0.2) is 0 Å². The van der Waals surface area contributed by atoms with Gasteiger partial charge in [-0.2, -0.15) is 0 Å². The van der Waals surface area contributed by atoms with Gasteiger partial charge in [0.15, 0.2) is 0 Å². The summed E-state index contributed by atoms with van der Waals surface area (Å²) in [5, 5.41) is 6.41. The smallest absolute Gasteiger partial charge is 0.264 e. The molecule has 0 saturated carbocycles. The average molecular weight is 440 g/mol. The molecule has 3 heterocycles. The van der Waals surface area contributed by atoms with Crippen LogP contribution in [0.15, 0.2) is 46.3 Å². The van der Waals surface area contributed by atoms with Gasteiger partial charge in [-0.05, 0) is 37.8 Å². The summed E-state index contributed by atoms with van der Waals surface area (Å²) in [7, 11) is 0. The summed E-state index contributed by atoms with van der Waals surface area (Å²) >= 11 is 1.48. The molecule has 2 aromatic heterocycles. The Labute approximate surface area is 187 Å². The number of carbonyl (C=O) groups excluding carboxylic acids is 1. The molecule has 1 amide bonds. The Morgan fingerprint density at radius 1 is 1.26 bits per heavy atom. The Balaban J connectivity index is 1.76. The first-order chi connectivity index (χ1) is 15.1. The average Bonchev–Trinajstić information content (AvgIpc) is 3.47. The van der Waals surface area contributed by atoms with E-state index in [0.717, 1.165) is 52.7 Å². The number of amides is 1. The van der Waals surface area contributed by atoms with Crippen molar-refractivity contribution < 1.29 is 14.1 Å². The van der Waals surface area contributed by atoms with Gasteiger partial charge in [0.2, 0.25) is 5.88 Å². The van der Waals surface area contributed by atoms with Crippen molar-refractivity contribution in [3.8, 4) is 11.3 Å². The maximum atomic E-state index is 13.4. The fraction of sp³-hybridized carbons (Fsp3) is 0.417. The van der Waals surface area contributed by atoms with Gasteiger partial charge in [-0.1, -0.05) is 41.9 Å². The predicted octanol–water partition coefficient (Wildman–Crippen LogP) is 4.99. The lowest BCUT2D eigenvalue weighted by Gasteiger charge is -2.31. The number of nitrogens with zero attached hydrogens (tertiary/aromatic N) is 3. The van der Waals surface area contributed by atoms with E-state index in [9.17, 15) is 4.79 Å². The minimum atomic E-state index is 0.0497. The zero-order chi connectivity index (χ0) is 21.8. The van der Waals surface area contributed by atoms with Crippen molar-refractivity contribution in [3.63, 3.8) is 0 Å². The van der Waals surface area contributed by atoms with Crippen LogP contribution in [-0.2, 0) is 11.3 Å². The number of ether oxygens (including phenoxy) is 1. The molecule has 1 atom stereocenters. The lowest BCUT2D eigenvalue weighted by atomic mass is 10.0. The molecule has 7 heteroatoms.